The van der Waals surface area contributed by atoms with Crippen LogP contribution in [0.1, 0.15) is 19.4 Å². The van der Waals surface area contributed by atoms with E-state index in [0.717, 1.165) is 0 Å². The van der Waals surface area contributed by atoms with Crippen molar-refractivity contribution >= 4 is 29.7 Å². The molecule has 7 nitrogen and oxygen atoms in total. The molecule has 0 aromatic heterocycles. The summed E-state index contributed by atoms with van der Waals surface area (Å²) in [5.41, 5.74) is 2.87. The van der Waals surface area contributed by atoms with E-state index in [4.69, 9.17) is 25.8 Å². The van der Waals surface area contributed by atoms with Gasteiger partial charge in [0.05, 0.1) is 25.0 Å². The molecule has 0 aliphatic rings. The molecule has 0 fully saturated rings. The van der Waals surface area contributed by atoms with Crippen LogP contribution in [0.4, 0.5) is 0 Å². The second kappa shape index (κ2) is 8.89. The maximum Gasteiger partial charge on any atom is 0.344 e. The Morgan fingerprint density at radius 1 is 1.41 bits per heavy atom. The topological polar surface area (TPSA) is 86.2 Å². The van der Waals surface area contributed by atoms with Crippen molar-refractivity contribution in [1.82, 2.24) is 5.43 Å². The number of hydrazone groups is 1. The molecule has 1 rings (SSSR count). The molecule has 0 atom stereocenters. The molecule has 0 heterocycles. The van der Waals surface area contributed by atoms with E-state index in [9.17, 15) is 9.59 Å². The van der Waals surface area contributed by atoms with Gasteiger partial charge in [0.2, 0.25) is 5.91 Å². The number of amides is 1. The van der Waals surface area contributed by atoms with Gasteiger partial charge in [0, 0.05) is 6.92 Å². The van der Waals surface area contributed by atoms with Crippen molar-refractivity contribution in [3.8, 4) is 11.5 Å². The first kappa shape index (κ1) is 17.8. The quantitative estimate of drug-likeness (QED) is 0.468. The summed E-state index contributed by atoms with van der Waals surface area (Å²) in [7, 11) is 1.44. The highest BCUT2D eigenvalue weighted by molar-refractivity contribution is 6.32. The molecule has 0 aliphatic heterocycles. The van der Waals surface area contributed by atoms with Gasteiger partial charge in [-0.1, -0.05) is 11.6 Å². The number of hydrogen-bond donors (Lipinski definition) is 1. The fourth-order valence-electron chi connectivity index (χ4n) is 1.49. The molecular formula is C14H17ClN2O5. The summed E-state index contributed by atoms with van der Waals surface area (Å²) in [6, 6.07) is 3.17. The highest BCUT2D eigenvalue weighted by atomic mass is 35.5. The van der Waals surface area contributed by atoms with Crippen molar-refractivity contribution in [2.24, 2.45) is 5.10 Å². The zero-order valence-corrected chi connectivity index (χ0v) is 13.3. The third-order valence-electron chi connectivity index (χ3n) is 2.33. The molecule has 0 saturated carbocycles. The number of methoxy groups -OCH3 is 1. The van der Waals surface area contributed by atoms with Gasteiger partial charge in [-0.25, -0.2) is 10.2 Å². The summed E-state index contributed by atoms with van der Waals surface area (Å²) >= 11 is 6.11. The van der Waals surface area contributed by atoms with E-state index in [0.29, 0.717) is 11.3 Å². The predicted octanol–water partition coefficient (Wildman–Crippen LogP) is 1.76. The first-order valence-corrected chi connectivity index (χ1v) is 6.81. The zero-order chi connectivity index (χ0) is 16.5. The van der Waals surface area contributed by atoms with E-state index in [2.05, 4.69) is 10.5 Å². The van der Waals surface area contributed by atoms with Gasteiger partial charge < -0.3 is 14.2 Å². The lowest BCUT2D eigenvalue weighted by Gasteiger charge is -2.12. The molecule has 1 aromatic rings. The number of nitrogens with zero attached hydrogens (tertiary/aromatic N) is 1. The van der Waals surface area contributed by atoms with E-state index >= 15 is 0 Å². The highest BCUT2D eigenvalue weighted by Crippen LogP contribution is 2.36. The van der Waals surface area contributed by atoms with Gasteiger partial charge in [-0.3, -0.25) is 4.79 Å². The molecule has 0 bridgehead atoms. The number of esters is 1. The number of nitrogens with one attached hydrogen (secondary N) is 1. The average Bonchev–Trinajstić information content (AvgIpc) is 2.45. The molecule has 0 radical (unpaired) electrons. The third-order valence-corrected chi connectivity index (χ3v) is 2.61. The number of hydrogen-bond acceptors (Lipinski definition) is 6. The summed E-state index contributed by atoms with van der Waals surface area (Å²) in [5, 5.41) is 3.98. The minimum atomic E-state index is -0.503. The Bertz CT molecular complexity index is 575. The van der Waals surface area contributed by atoms with Gasteiger partial charge in [0.25, 0.3) is 0 Å². The monoisotopic (exact) mass is 328 g/mol. The molecule has 1 amide bonds. The van der Waals surface area contributed by atoms with Crippen LogP contribution in [-0.4, -0.2) is 38.4 Å². The van der Waals surface area contributed by atoms with Crippen molar-refractivity contribution in [2.45, 2.75) is 13.8 Å². The molecule has 0 spiro atoms. The van der Waals surface area contributed by atoms with E-state index in [-0.39, 0.29) is 29.9 Å². The fourth-order valence-corrected chi connectivity index (χ4v) is 1.76. The average molecular weight is 329 g/mol. The summed E-state index contributed by atoms with van der Waals surface area (Å²) in [5.74, 6) is -0.226. The van der Waals surface area contributed by atoms with E-state index in [1.807, 2.05) is 0 Å². The molecule has 0 saturated heterocycles. The molecule has 1 aromatic carbocycles. The Hall–Kier alpha value is -2.28. The Morgan fingerprint density at radius 2 is 2.14 bits per heavy atom. The molecule has 22 heavy (non-hydrogen) atoms. The fraction of sp³-hybridized carbons (Fsp3) is 0.357. The molecular weight excluding hydrogens is 312 g/mol. The maximum absolute atomic E-state index is 11.3. The number of carbonyl (C=O) groups excluding carboxylic acids is 2. The number of ether oxygens (including phenoxy) is 3. The second-order valence-electron chi connectivity index (χ2n) is 4.05. The third kappa shape index (κ3) is 5.61. The van der Waals surface area contributed by atoms with Gasteiger partial charge in [0.1, 0.15) is 0 Å². The van der Waals surface area contributed by atoms with Gasteiger partial charge in [0.15, 0.2) is 18.1 Å². The van der Waals surface area contributed by atoms with Crippen LogP contribution >= 0.6 is 11.6 Å². The number of halogens is 1. The number of carbonyl (C=O) groups is 2. The standard InChI is InChI=1S/C14H17ClN2O5/c1-4-21-13(19)8-22-14-11(15)5-10(6-12(14)20-3)7-16-17-9(2)18/h5-7H,4,8H2,1-3H3,(H,17,18)/b16-7-. The number of benzene rings is 1. The lowest BCUT2D eigenvalue weighted by Crippen LogP contribution is -2.15. The Balaban J connectivity index is 2.88. The summed E-state index contributed by atoms with van der Waals surface area (Å²) in [6.45, 7) is 3.04. The van der Waals surface area contributed by atoms with Gasteiger partial charge in [-0.05, 0) is 24.6 Å². The molecule has 0 unspecified atom stereocenters. The van der Waals surface area contributed by atoms with Crippen molar-refractivity contribution in [2.75, 3.05) is 20.3 Å². The summed E-state index contributed by atoms with van der Waals surface area (Å²) in [6.07, 6.45) is 1.41. The van der Waals surface area contributed by atoms with Crippen molar-refractivity contribution < 1.29 is 23.8 Å². The highest BCUT2D eigenvalue weighted by Gasteiger charge is 2.13. The van der Waals surface area contributed by atoms with E-state index in [1.165, 1.54) is 20.2 Å². The van der Waals surface area contributed by atoms with E-state index < -0.39 is 5.97 Å². The van der Waals surface area contributed by atoms with Crippen LogP contribution in [0.3, 0.4) is 0 Å². The van der Waals surface area contributed by atoms with Crippen LogP contribution in [0.25, 0.3) is 0 Å². The van der Waals surface area contributed by atoms with Gasteiger partial charge >= 0.3 is 5.97 Å². The molecule has 8 heteroatoms. The minimum absolute atomic E-state index is 0.230. The molecule has 0 aliphatic carbocycles. The van der Waals surface area contributed by atoms with E-state index in [1.54, 1.807) is 19.1 Å². The normalized spacial score (nSPS) is 10.4. The van der Waals surface area contributed by atoms with Crippen LogP contribution in [0.2, 0.25) is 5.02 Å². The predicted molar refractivity (Wildman–Crippen MR) is 81.5 cm³/mol. The van der Waals surface area contributed by atoms with Crippen molar-refractivity contribution in [3.63, 3.8) is 0 Å². The lowest BCUT2D eigenvalue weighted by atomic mass is 10.2. The van der Waals surface area contributed by atoms with Crippen molar-refractivity contribution in [1.29, 1.82) is 0 Å². The summed E-state index contributed by atoms with van der Waals surface area (Å²) in [4.78, 5) is 22.0. The first-order valence-electron chi connectivity index (χ1n) is 6.43. The smallest absolute Gasteiger partial charge is 0.344 e. The molecule has 1 N–H and O–H groups in total. The Labute approximate surface area is 133 Å². The van der Waals surface area contributed by atoms with Crippen LogP contribution < -0.4 is 14.9 Å². The number of rotatable bonds is 7. The zero-order valence-electron chi connectivity index (χ0n) is 12.5. The SMILES string of the molecule is CCOC(=O)COc1c(Cl)cc(/C=N\NC(C)=O)cc1OC. The van der Waals surface area contributed by atoms with Crippen LogP contribution in [-0.2, 0) is 14.3 Å². The van der Waals surface area contributed by atoms with Crippen molar-refractivity contribution in [3.05, 3.63) is 22.7 Å². The Morgan fingerprint density at radius 3 is 2.73 bits per heavy atom. The largest absolute Gasteiger partial charge is 0.493 e. The lowest BCUT2D eigenvalue weighted by molar-refractivity contribution is -0.145. The van der Waals surface area contributed by atoms with Gasteiger partial charge in [-0.2, -0.15) is 5.10 Å². The van der Waals surface area contributed by atoms with Crippen LogP contribution in [0.15, 0.2) is 17.2 Å². The molecule has 120 valence electrons. The maximum atomic E-state index is 11.3. The van der Waals surface area contributed by atoms with Crippen LogP contribution in [0.5, 0.6) is 11.5 Å². The second-order valence-corrected chi connectivity index (χ2v) is 4.46. The van der Waals surface area contributed by atoms with Crippen LogP contribution in [0, 0.1) is 0 Å². The summed E-state index contributed by atoms with van der Waals surface area (Å²) < 4.78 is 15.3. The first-order chi connectivity index (χ1) is 10.5. The minimum Gasteiger partial charge on any atom is -0.493 e. The Kier molecular flexibility index (Phi) is 7.18. The van der Waals surface area contributed by atoms with Gasteiger partial charge in [-0.15, -0.1) is 0 Å².